The first-order valence-electron chi connectivity index (χ1n) is 9.10. The summed E-state index contributed by atoms with van der Waals surface area (Å²) >= 11 is 0. The number of ether oxygens (including phenoxy) is 4. The number of amides is 1. The first-order valence-corrected chi connectivity index (χ1v) is 9.10. The Hall–Kier alpha value is -3.19. The molecule has 2 aromatic rings. The van der Waals surface area contributed by atoms with Gasteiger partial charge in [0, 0.05) is 30.9 Å². The highest BCUT2D eigenvalue weighted by Gasteiger charge is 2.16. The highest BCUT2D eigenvalue weighted by atomic mass is 16.5. The third-order valence-corrected chi connectivity index (χ3v) is 4.27. The molecule has 0 aromatic heterocycles. The summed E-state index contributed by atoms with van der Waals surface area (Å²) < 4.78 is 21.1. The Balaban J connectivity index is 2.08. The number of benzene rings is 2. The zero-order chi connectivity index (χ0) is 21.2. The van der Waals surface area contributed by atoms with E-state index in [1.165, 1.54) is 21.3 Å². The van der Waals surface area contributed by atoms with Crippen molar-refractivity contribution >= 4 is 11.6 Å². The van der Waals surface area contributed by atoms with Crippen LogP contribution >= 0.6 is 0 Å². The van der Waals surface area contributed by atoms with Crippen LogP contribution in [0.5, 0.6) is 23.0 Å². The molecular formula is C22H28N2O5. The van der Waals surface area contributed by atoms with Gasteiger partial charge in [-0.2, -0.15) is 0 Å². The number of nitrogens with one attached hydrogen (secondary N) is 1. The fraction of sp³-hybridized carbons (Fsp3) is 0.318. The Bertz CT molecular complexity index is 795. The van der Waals surface area contributed by atoms with Crippen LogP contribution in [0.25, 0.3) is 0 Å². The Morgan fingerprint density at radius 3 is 2.10 bits per heavy atom. The third-order valence-electron chi connectivity index (χ3n) is 4.27. The summed E-state index contributed by atoms with van der Waals surface area (Å²) in [5.41, 5.74) is 1.64. The molecule has 7 nitrogen and oxygen atoms in total. The monoisotopic (exact) mass is 400 g/mol. The van der Waals surface area contributed by atoms with Crippen LogP contribution < -0.4 is 24.3 Å². The fourth-order valence-corrected chi connectivity index (χ4v) is 2.91. The maximum absolute atomic E-state index is 12.6. The predicted octanol–water partition coefficient (Wildman–Crippen LogP) is 3.35. The van der Waals surface area contributed by atoms with E-state index in [1.807, 2.05) is 29.2 Å². The van der Waals surface area contributed by atoms with E-state index in [2.05, 4.69) is 11.9 Å². The van der Waals surface area contributed by atoms with Gasteiger partial charge >= 0.3 is 0 Å². The summed E-state index contributed by atoms with van der Waals surface area (Å²) in [5.74, 6) is 2.06. The van der Waals surface area contributed by atoms with E-state index >= 15 is 0 Å². The standard InChI is InChI=1S/C22H28N2O5/c1-6-11-24(14-16-7-9-18(26-2)10-8-16)15-21(25)23-17-12-19(27-3)22(29-5)20(13-17)28-4/h6-10,12-13H,1,11,14-15H2,2-5H3,(H,23,25). The third kappa shape index (κ3) is 6.15. The summed E-state index contributed by atoms with van der Waals surface area (Å²) in [5, 5.41) is 2.89. The van der Waals surface area contributed by atoms with Crippen molar-refractivity contribution < 1.29 is 23.7 Å². The van der Waals surface area contributed by atoms with Crippen molar-refractivity contribution in [2.24, 2.45) is 0 Å². The van der Waals surface area contributed by atoms with E-state index in [9.17, 15) is 4.79 Å². The van der Waals surface area contributed by atoms with Crippen LogP contribution in [0, 0.1) is 0 Å². The highest BCUT2D eigenvalue weighted by Crippen LogP contribution is 2.39. The maximum atomic E-state index is 12.6. The number of carbonyl (C=O) groups excluding carboxylic acids is 1. The minimum atomic E-state index is -0.158. The van der Waals surface area contributed by atoms with Gasteiger partial charge in [-0.1, -0.05) is 18.2 Å². The number of anilines is 1. The largest absolute Gasteiger partial charge is 0.497 e. The molecule has 0 radical (unpaired) electrons. The molecular weight excluding hydrogens is 372 g/mol. The average molecular weight is 400 g/mol. The van der Waals surface area contributed by atoms with Gasteiger partial charge in [0.25, 0.3) is 0 Å². The molecule has 1 N–H and O–H groups in total. The number of methoxy groups -OCH3 is 4. The Morgan fingerprint density at radius 1 is 1.00 bits per heavy atom. The second-order valence-corrected chi connectivity index (χ2v) is 6.27. The average Bonchev–Trinajstić information content (AvgIpc) is 2.73. The predicted molar refractivity (Wildman–Crippen MR) is 113 cm³/mol. The summed E-state index contributed by atoms with van der Waals surface area (Å²) in [4.78, 5) is 14.6. The van der Waals surface area contributed by atoms with Crippen molar-refractivity contribution in [3.8, 4) is 23.0 Å². The molecule has 0 unspecified atom stereocenters. The second kappa shape index (κ2) is 11.0. The van der Waals surface area contributed by atoms with Crippen LogP contribution in [0.2, 0.25) is 0 Å². The minimum Gasteiger partial charge on any atom is -0.497 e. The molecule has 0 atom stereocenters. The van der Waals surface area contributed by atoms with Gasteiger partial charge in [-0.15, -0.1) is 6.58 Å². The van der Waals surface area contributed by atoms with E-state index in [-0.39, 0.29) is 12.5 Å². The molecule has 0 aliphatic heterocycles. The van der Waals surface area contributed by atoms with Crippen molar-refractivity contribution in [3.05, 3.63) is 54.6 Å². The zero-order valence-corrected chi connectivity index (χ0v) is 17.4. The molecule has 2 rings (SSSR count). The van der Waals surface area contributed by atoms with Crippen LogP contribution in [0.3, 0.4) is 0 Å². The van der Waals surface area contributed by atoms with Crippen molar-refractivity contribution in [2.75, 3.05) is 46.8 Å². The summed E-state index contributed by atoms with van der Waals surface area (Å²) in [6.07, 6.45) is 1.77. The Morgan fingerprint density at radius 2 is 1.62 bits per heavy atom. The van der Waals surface area contributed by atoms with E-state index in [0.717, 1.165) is 11.3 Å². The molecule has 156 valence electrons. The molecule has 0 bridgehead atoms. The van der Waals surface area contributed by atoms with Crippen LogP contribution in [-0.2, 0) is 11.3 Å². The zero-order valence-electron chi connectivity index (χ0n) is 17.4. The fourth-order valence-electron chi connectivity index (χ4n) is 2.91. The van der Waals surface area contributed by atoms with E-state index in [1.54, 1.807) is 25.3 Å². The van der Waals surface area contributed by atoms with Gasteiger partial charge in [0.05, 0.1) is 35.0 Å². The summed E-state index contributed by atoms with van der Waals surface area (Å²) in [6, 6.07) is 11.1. The lowest BCUT2D eigenvalue weighted by Crippen LogP contribution is -2.33. The van der Waals surface area contributed by atoms with E-state index in [0.29, 0.717) is 36.0 Å². The number of nitrogens with zero attached hydrogens (tertiary/aromatic N) is 1. The van der Waals surface area contributed by atoms with Gasteiger partial charge in [0.15, 0.2) is 11.5 Å². The minimum absolute atomic E-state index is 0.158. The van der Waals surface area contributed by atoms with Gasteiger partial charge in [-0.3, -0.25) is 9.69 Å². The summed E-state index contributed by atoms with van der Waals surface area (Å²) in [6.45, 7) is 5.18. The maximum Gasteiger partial charge on any atom is 0.238 e. The Labute approximate surface area is 171 Å². The van der Waals surface area contributed by atoms with Gasteiger partial charge in [-0.25, -0.2) is 0 Å². The SMILES string of the molecule is C=CCN(CC(=O)Nc1cc(OC)c(OC)c(OC)c1)Cc1ccc(OC)cc1. The molecule has 0 saturated carbocycles. The lowest BCUT2D eigenvalue weighted by Gasteiger charge is -2.21. The van der Waals surface area contributed by atoms with Crippen molar-refractivity contribution in [1.82, 2.24) is 4.90 Å². The van der Waals surface area contributed by atoms with Crippen LogP contribution in [-0.4, -0.2) is 52.3 Å². The van der Waals surface area contributed by atoms with E-state index in [4.69, 9.17) is 18.9 Å². The number of rotatable bonds is 11. The number of hydrogen-bond acceptors (Lipinski definition) is 6. The van der Waals surface area contributed by atoms with E-state index < -0.39 is 0 Å². The van der Waals surface area contributed by atoms with Crippen molar-refractivity contribution in [2.45, 2.75) is 6.54 Å². The molecule has 0 saturated heterocycles. The molecule has 0 spiro atoms. The first kappa shape index (κ1) is 22.1. The van der Waals surface area contributed by atoms with Crippen LogP contribution in [0.1, 0.15) is 5.56 Å². The van der Waals surface area contributed by atoms with Gasteiger partial charge in [0.2, 0.25) is 11.7 Å². The Kier molecular flexibility index (Phi) is 8.36. The highest BCUT2D eigenvalue weighted by molar-refractivity contribution is 5.93. The number of hydrogen-bond donors (Lipinski definition) is 1. The van der Waals surface area contributed by atoms with Gasteiger partial charge in [0.1, 0.15) is 5.75 Å². The molecule has 0 fully saturated rings. The molecule has 1 amide bonds. The molecule has 29 heavy (non-hydrogen) atoms. The molecule has 0 aliphatic carbocycles. The number of carbonyl (C=O) groups is 1. The lowest BCUT2D eigenvalue weighted by molar-refractivity contribution is -0.117. The first-order chi connectivity index (χ1) is 14.0. The van der Waals surface area contributed by atoms with Gasteiger partial charge < -0.3 is 24.3 Å². The van der Waals surface area contributed by atoms with Gasteiger partial charge in [-0.05, 0) is 17.7 Å². The molecule has 0 heterocycles. The molecule has 2 aromatic carbocycles. The van der Waals surface area contributed by atoms with Crippen LogP contribution in [0.15, 0.2) is 49.1 Å². The van der Waals surface area contributed by atoms with Crippen molar-refractivity contribution in [1.29, 1.82) is 0 Å². The van der Waals surface area contributed by atoms with Crippen molar-refractivity contribution in [3.63, 3.8) is 0 Å². The van der Waals surface area contributed by atoms with Crippen LogP contribution in [0.4, 0.5) is 5.69 Å². The lowest BCUT2D eigenvalue weighted by atomic mass is 10.2. The smallest absolute Gasteiger partial charge is 0.238 e. The molecule has 0 aliphatic rings. The molecule has 7 heteroatoms. The normalized spacial score (nSPS) is 10.4. The summed E-state index contributed by atoms with van der Waals surface area (Å²) in [7, 11) is 6.23. The second-order valence-electron chi connectivity index (χ2n) is 6.27. The quantitative estimate of drug-likeness (QED) is 0.584. The topological polar surface area (TPSA) is 69.3 Å².